The summed E-state index contributed by atoms with van der Waals surface area (Å²) >= 11 is 0. The van der Waals surface area contributed by atoms with Crippen LogP contribution in [0.2, 0.25) is 0 Å². The van der Waals surface area contributed by atoms with E-state index in [1.54, 1.807) is 6.33 Å². The van der Waals surface area contributed by atoms with E-state index >= 15 is 0 Å². The van der Waals surface area contributed by atoms with Gasteiger partial charge in [-0.2, -0.15) is 0 Å². The smallest absolute Gasteiger partial charge is 0.0922 e. The minimum Gasteiger partial charge on any atom is -0.347 e. The monoisotopic (exact) mass is 280 g/mol. The molecule has 1 aromatic heterocycles. The van der Waals surface area contributed by atoms with E-state index in [1.165, 1.54) is 5.69 Å². The molecular formula is C11H22Cl2N4. The molecule has 0 unspecified atom stereocenters. The van der Waals surface area contributed by atoms with Gasteiger partial charge in [-0.1, -0.05) is 13.8 Å². The van der Waals surface area contributed by atoms with E-state index in [2.05, 4.69) is 28.7 Å². The summed E-state index contributed by atoms with van der Waals surface area (Å²) in [4.78, 5) is 9.56. The summed E-state index contributed by atoms with van der Waals surface area (Å²) in [6.07, 6.45) is 3.61. The number of halogens is 2. The number of likely N-dealkylation sites (tertiary alicyclic amines) is 1. The van der Waals surface area contributed by atoms with Crippen LogP contribution in [-0.4, -0.2) is 34.0 Å². The summed E-state index contributed by atoms with van der Waals surface area (Å²) in [5, 5.41) is 0. The molecule has 6 heteroatoms. The quantitative estimate of drug-likeness (QED) is 0.886. The van der Waals surface area contributed by atoms with Crippen molar-refractivity contribution in [1.29, 1.82) is 0 Å². The summed E-state index contributed by atoms with van der Waals surface area (Å²) in [5.74, 6) is 1.31. The second kappa shape index (κ2) is 7.21. The molecule has 1 aliphatic rings. The standard InChI is InChI=1S/C11H20N4.2ClH/c1-8(2)10-5-15(6-11(10)12)4-9-3-13-7-14-9;;/h3,7-8,10-11H,4-6,12H2,1-2H3,(H,13,14);2*1H/t10-,11+;;/m1../s1. The summed E-state index contributed by atoms with van der Waals surface area (Å²) in [5.41, 5.74) is 7.30. The first-order valence-corrected chi connectivity index (χ1v) is 5.62. The number of nitrogens with two attached hydrogens (primary N) is 1. The van der Waals surface area contributed by atoms with Gasteiger partial charge in [-0.3, -0.25) is 4.90 Å². The van der Waals surface area contributed by atoms with E-state index in [9.17, 15) is 0 Å². The van der Waals surface area contributed by atoms with Crippen molar-refractivity contribution >= 4 is 24.8 Å². The van der Waals surface area contributed by atoms with E-state index in [0.29, 0.717) is 17.9 Å². The van der Waals surface area contributed by atoms with Crippen LogP contribution < -0.4 is 5.73 Å². The lowest BCUT2D eigenvalue weighted by molar-refractivity contribution is 0.294. The van der Waals surface area contributed by atoms with Gasteiger partial charge in [-0.15, -0.1) is 24.8 Å². The summed E-state index contributed by atoms with van der Waals surface area (Å²) in [6.45, 7) is 7.56. The third-order valence-electron chi connectivity index (χ3n) is 3.29. The third kappa shape index (κ3) is 4.14. The van der Waals surface area contributed by atoms with Crippen molar-refractivity contribution in [2.75, 3.05) is 13.1 Å². The lowest BCUT2D eigenvalue weighted by Gasteiger charge is -2.18. The molecule has 2 heterocycles. The molecule has 0 spiro atoms. The van der Waals surface area contributed by atoms with E-state index in [-0.39, 0.29) is 24.8 Å². The van der Waals surface area contributed by atoms with Crippen molar-refractivity contribution in [3.63, 3.8) is 0 Å². The Balaban J connectivity index is 0.00000128. The van der Waals surface area contributed by atoms with Gasteiger partial charge in [0.15, 0.2) is 0 Å². The number of H-pyrrole nitrogens is 1. The molecule has 3 N–H and O–H groups in total. The minimum absolute atomic E-state index is 0. The van der Waals surface area contributed by atoms with Gasteiger partial charge in [0, 0.05) is 37.6 Å². The van der Waals surface area contributed by atoms with Crippen molar-refractivity contribution in [1.82, 2.24) is 14.9 Å². The van der Waals surface area contributed by atoms with Gasteiger partial charge in [0.25, 0.3) is 0 Å². The minimum atomic E-state index is 0. The Kier molecular flexibility index (Phi) is 7.09. The first-order valence-electron chi connectivity index (χ1n) is 5.62. The lowest BCUT2D eigenvalue weighted by Crippen LogP contribution is -2.32. The molecule has 1 fully saturated rings. The van der Waals surface area contributed by atoms with Crippen molar-refractivity contribution < 1.29 is 0 Å². The van der Waals surface area contributed by atoms with Gasteiger partial charge < -0.3 is 10.7 Å². The molecule has 100 valence electrons. The number of nitrogens with one attached hydrogen (secondary N) is 1. The molecule has 1 aliphatic heterocycles. The second-order valence-corrected chi connectivity index (χ2v) is 4.84. The fourth-order valence-electron chi connectivity index (χ4n) is 2.39. The van der Waals surface area contributed by atoms with Gasteiger partial charge in [-0.25, -0.2) is 4.98 Å². The number of hydrogen-bond donors (Lipinski definition) is 2. The van der Waals surface area contributed by atoms with Crippen molar-refractivity contribution in [2.24, 2.45) is 17.6 Å². The molecule has 0 saturated carbocycles. The topological polar surface area (TPSA) is 57.9 Å². The van der Waals surface area contributed by atoms with Crippen LogP contribution in [0.3, 0.4) is 0 Å². The van der Waals surface area contributed by atoms with E-state index < -0.39 is 0 Å². The third-order valence-corrected chi connectivity index (χ3v) is 3.29. The van der Waals surface area contributed by atoms with Gasteiger partial charge in [0.1, 0.15) is 0 Å². The summed E-state index contributed by atoms with van der Waals surface area (Å²) in [6, 6.07) is 0.327. The van der Waals surface area contributed by atoms with Gasteiger partial charge in [0.2, 0.25) is 0 Å². The molecule has 0 radical (unpaired) electrons. The molecule has 0 aliphatic carbocycles. The Morgan fingerprint density at radius 3 is 2.65 bits per heavy atom. The van der Waals surface area contributed by atoms with Crippen LogP contribution in [0.1, 0.15) is 19.5 Å². The van der Waals surface area contributed by atoms with Crippen LogP contribution in [0.15, 0.2) is 12.5 Å². The Morgan fingerprint density at radius 1 is 1.47 bits per heavy atom. The van der Waals surface area contributed by atoms with Crippen molar-refractivity contribution in [2.45, 2.75) is 26.4 Å². The Labute approximate surface area is 115 Å². The molecule has 0 bridgehead atoms. The van der Waals surface area contributed by atoms with E-state index in [0.717, 1.165) is 19.6 Å². The Morgan fingerprint density at radius 2 is 2.18 bits per heavy atom. The maximum absolute atomic E-state index is 6.13. The maximum atomic E-state index is 6.13. The van der Waals surface area contributed by atoms with E-state index in [1.807, 2.05) is 6.20 Å². The number of imidazole rings is 1. The normalized spacial score (nSPS) is 24.5. The van der Waals surface area contributed by atoms with Crippen LogP contribution in [0.4, 0.5) is 0 Å². The van der Waals surface area contributed by atoms with Gasteiger partial charge in [-0.05, 0) is 11.8 Å². The predicted molar refractivity (Wildman–Crippen MR) is 74.7 cm³/mol. The Bertz CT molecular complexity index is 302. The highest BCUT2D eigenvalue weighted by atomic mass is 35.5. The second-order valence-electron chi connectivity index (χ2n) is 4.84. The zero-order valence-electron chi connectivity index (χ0n) is 10.3. The fourth-order valence-corrected chi connectivity index (χ4v) is 2.39. The van der Waals surface area contributed by atoms with Crippen LogP contribution in [0.25, 0.3) is 0 Å². The summed E-state index contributed by atoms with van der Waals surface area (Å²) < 4.78 is 0. The lowest BCUT2D eigenvalue weighted by atomic mass is 9.92. The molecule has 2 rings (SSSR count). The highest BCUT2D eigenvalue weighted by Crippen LogP contribution is 2.23. The number of aromatic amines is 1. The van der Waals surface area contributed by atoms with Gasteiger partial charge in [0.05, 0.1) is 6.33 Å². The highest BCUT2D eigenvalue weighted by Gasteiger charge is 2.31. The molecule has 0 amide bonds. The predicted octanol–water partition coefficient (Wildman–Crippen LogP) is 1.67. The zero-order valence-corrected chi connectivity index (χ0v) is 11.9. The number of aromatic nitrogens is 2. The SMILES string of the molecule is CC(C)[C@H]1CN(Cc2cnc[nH]2)C[C@@H]1N.Cl.Cl. The van der Waals surface area contributed by atoms with Crippen LogP contribution in [0.5, 0.6) is 0 Å². The zero-order chi connectivity index (χ0) is 10.8. The van der Waals surface area contributed by atoms with Crippen LogP contribution in [-0.2, 0) is 6.54 Å². The van der Waals surface area contributed by atoms with Gasteiger partial charge >= 0.3 is 0 Å². The molecule has 4 nitrogen and oxygen atoms in total. The average Bonchev–Trinajstić information content (AvgIpc) is 2.75. The van der Waals surface area contributed by atoms with Crippen molar-refractivity contribution in [3.05, 3.63) is 18.2 Å². The Hall–Kier alpha value is -0.290. The molecular weight excluding hydrogens is 259 g/mol. The molecule has 17 heavy (non-hydrogen) atoms. The molecule has 0 aromatic carbocycles. The first kappa shape index (κ1) is 16.7. The molecule has 1 saturated heterocycles. The summed E-state index contributed by atoms with van der Waals surface area (Å²) in [7, 11) is 0. The van der Waals surface area contributed by atoms with Crippen LogP contribution >= 0.6 is 24.8 Å². The molecule has 1 aromatic rings. The number of nitrogens with zero attached hydrogens (tertiary/aromatic N) is 2. The van der Waals surface area contributed by atoms with Crippen LogP contribution in [0, 0.1) is 11.8 Å². The molecule has 2 atom stereocenters. The largest absolute Gasteiger partial charge is 0.347 e. The van der Waals surface area contributed by atoms with Crippen molar-refractivity contribution in [3.8, 4) is 0 Å². The average molecular weight is 281 g/mol. The number of rotatable bonds is 3. The maximum Gasteiger partial charge on any atom is 0.0922 e. The fraction of sp³-hybridized carbons (Fsp3) is 0.727. The highest BCUT2D eigenvalue weighted by molar-refractivity contribution is 5.85. The first-order chi connectivity index (χ1) is 7.16. The number of hydrogen-bond acceptors (Lipinski definition) is 3. The van der Waals surface area contributed by atoms with E-state index in [4.69, 9.17) is 5.73 Å².